The van der Waals surface area contributed by atoms with E-state index in [1.165, 1.54) is 0 Å². The minimum atomic E-state index is -0.252. The van der Waals surface area contributed by atoms with Gasteiger partial charge in [-0.15, -0.1) is 6.42 Å². The van der Waals surface area contributed by atoms with E-state index < -0.39 is 0 Å². The van der Waals surface area contributed by atoms with Crippen LogP contribution < -0.4 is 0 Å². The van der Waals surface area contributed by atoms with E-state index in [1.807, 2.05) is 37.3 Å². The molecule has 5 heteroatoms. The van der Waals surface area contributed by atoms with Crippen LogP contribution in [0.3, 0.4) is 0 Å². The number of amides is 1. The van der Waals surface area contributed by atoms with E-state index in [-0.39, 0.29) is 12.1 Å². The average molecular weight is 383 g/mol. The number of piperazine rings is 1. The third kappa shape index (κ3) is 4.63. The zero-order chi connectivity index (χ0) is 19.2. The van der Waals surface area contributed by atoms with Gasteiger partial charge in [0, 0.05) is 31.2 Å². The maximum absolute atomic E-state index is 11.9. The molecule has 27 heavy (non-hydrogen) atoms. The highest BCUT2D eigenvalue weighted by Crippen LogP contribution is 2.28. The van der Waals surface area contributed by atoms with E-state index in [0.717, 1.165) is 29.8 Å². The number of halogens is 1. The first kappa shape index (κ1) is 19.3. The second kappa shape index (κ2) is 8.94. The minimum Gasteiger partial charge on any atom is -0.450 e. The number of nitrogens with zero attached hydrogens (tertiary/aromatic N) is 2. The standard InChI is InChI=1S/C22H23ClN2O2/c1-3-21(24-11-13-25(14-12-24)22(26)27-4-2)19-9-5-7-17(15-19)18-8-6-10-20(23)16-18/h1,5-10,15-16,21H,4,11-14H2,2H3. The van der Waals surface area contributed by atoms with Gasteiger partial charge in [-0.2, -0.15) is 0 Å². The summed E-state index contributed by atoms with van der Waals surface area (Å²) in [5.41, 5.74) is 3.22. The maximum Gasteiger partial charge on any atom is 0.409 e. The molecule has 1 heterocycles. The topological polar surface area (TPSA) is 32.8 Å². The molecule has 2 aromatic carbocycles. The van der Waals surface area contributed by atoms with Crippen LogP contribution >= 0.6 is 11.6 Å². The summed E-state index contributed by atoms with van der Waals surface area (Å²) < 4.78 is 5.08. The highest BCUT2D eigenvalue weighted by molar-refractivity contribution is 6.30. The van der Waals surface area contributed by atoms with E-state index in [9.17, 15) is 4.79 Å². The van der Waals surface area contributed by atoms with Crippen molar-refractivity contribution in [2.75, 3.05) is 32.8 Å². The zero-order valence-corrected chi connectivity index (χ0v) is 16.2. The monoisotopic (exact) mass is 382 g/mol. The Morgan fingerprint density at radius 3 is 2.44 bits per heavy atom. The number of terminal acetylenes is 1. The van der Waals surface area contributed by atoms with E-state index in [1.54, 1.807) is 4.90 Å². The second-order valence-electron chi connectivity index (χ2n) is 6.43. The number of hydrogen-bond acceptors (Lipinski definition) is 3. The summed E-state index contributed by atoms with van der Waals surface area (Å²) in [7, 11) is 0. The number of rotatable bonds is 4. The summed E-state index contributed by atoms with van der Waals surface area (Å²) in [6, 6.07) is 15.9. The van der Waals surface area contributed by atoms with Gasteiger partial charge in [0.15, 0.2) is 0 Å². The number of ether oxygens (including phenoxy) is 1. The average Bonchev–Trinajstić information content (AvgIpc) is 2.69. The molecule has 1 aliphatic heterocycles. The molecular formula is C22H23ClN2O2. The SMILES string of the molecule is C#CC(c1cccc(-c2cccc(Cl)c2)c1)N1CCN(C(=O)OCC)CC1. The van der Waals surface area contributed by atoms with Crippen LogP contribution in [0.25, 0.3) is 11.1 Å². The third-order valence-corrected chi connectivity index (χ3v) is 4.96. The molecular weight excluding hydrogens is 360 g/mol. The molecule has 1 aliphatic rings. The fourth-order valence-corrected chi connectivity index (χ4v) is 3.54. The van der Waals surface area contributed by atoms with Crippen molar-refractivity contribution in [3.05, 3.63) is 59.1 Å². The molecule has 4 nitrogen and oxygen atoms in total. The number of carbonyl (C=O) groups is 1. The molecule has 0 spiro atoms. The summed E-state index contributed by atoms with van der Waals surface area (Å²) in [4.78, 5) is 15.8. The smallest absolute Gasteiger partial charge is 0.409 e. The Labute approximate surface area is 165 Å². The van der Waals surface area contributed by atoms with Gasteiger partial charge in [-0.1, -0.05) is 47.9 Å². The molecule has 1 saturated heterocycles. The quantitative estimate of drug-likeness (QED) is 0.732. The van der Waals surface area contributed by atoms with Crippen molar-refractivity contribution in [1.82, 2.24) is 9.80 Å². The Bertz CT molecular complexity index is 838. The first-order valence-corrected chi connectivity index (χ1v) is 9.48. The summed E-state index contributed by atoms with van der Waals surface area (Å²) in [5.74, 6) is 2.91. The van der Waals surface area contributed by atoms with E-state index in [0.29, 0.717) is 24.7 Å². The molecule has 2 aromatic rings. The zero-order valence-electron chi connectivity index (χ0n) is 15.4. The fourth-order valence-electron chi connectivity index (χ4n) is 3.35. The van der Waals surface area contributed by atoms with Crippen LogP contribution in [0.4, 0.5) is 4.79 Å². The van der Waals surface area contributed by atoms with E-state index in [2.05, 4.69) is 29.0 Å². The van der Waals surface area contributed by atoms with Crippen molar-refractivity contribution < 1.29 is 9.53 Å². The third-order valence-electron chi connectivity index (χ3n) is 4.72. The summed E-state index contributed by atoms with van der Waals surface area (Å²) in [6.45, 7) is 4.87. The Kier molecular flexibility index (Phi) is 6.39. The molecule has 1 fully saturated rings. The summed E-state index contributed by atoms with van der Waals surface area (Å²) in [6.07, 6.45) is 5.62. The first-order valence-electron chi connectivity index (χ1n) is 9.10. The highest BCUT2D eigenvalue weighted by atomic mass is 35.5. The number of benzene rings is 2. The Morgan fingerprint density at radius 2 is 1.81 bits per heavy atom. The lowest BCUT2D eigenvalue weighted by molar-refractivity contribution is 0.0735. The van der Waals surface area contributed by atoms with Crippen molar-refractivity contribution >= 4 is 17.7 Å². The maximum atomic E-state index is 11.9. The Morgan fingerprint density at radius 1 is 1.15 bits per heavy atom. The van der Waals surface area contributed by atoms with Crippen molar-refractivity contribution in [2.24, 2.45) is 0 Å². The molecule has 1 amide bonds. The van der Waals surface area contributed by atoms with Gasteiger partial charge in [0.2, 0.25) is 0 Å². The van der Waals surface area contributed by atoms with Gasteiger partial charge < -0.3 is 9.64 Å². The molecule has 0 aromatic heterocycles. The molecule has 0 saturated carbocycles. The van der Waals surface area contributed by atoms with Crippen molar-refractivity contribution in [1.29, 1.82) is 0 Å². The van der Waals surface area contributed by atoms with Gasteiger partial charge in [-0.25, -0.2) is 4.79 Å². The van der Waals surface area contributed by atoms with Crippen molar-refractivity contribution in [3.63, 3.8) is 0 Å². The Balaban J connectivity index is 1.74. The molecule has 0 bridgehead atoms. The molecule has 3 rings (SSSR count). The summed E-state index contributed by atoms with van der Waals surface area (Å²) >= 11 is 6.12. The molecule has 0 aliphatic carbocycles. The lowest BCUT2D eigenvalue weighted by Crippen LogP contribution is -2.49. The Hall–Kier alpha value is -2.48. The summed E-state index contributed by atoms with van der Waals surface area (Å²) in [5, 5.41) is 0.710. The van der Waals surface area contributed by atoms with Gasteiger partial charge >= 0.3 is 6.09 Å². The van der Waals surface area contributed by atoms with Crippen LogP contribution in [0.2, 0.25) is 5.02 Å². The molecule has 1 atom stereocenters. The highest BCUT2D eigenvalue weighted by Gasteiger charge is 2.26. The van der Waals surface area contributed by atoms with Gasteiger partial charge in [0.1, 0.15) is 0 Å². The fraction of sp³-hybridized carbons (Fsp3) is 0.318. The first-order chi connectivity index (χ1) is 13.1. The normalized spacial score (nSPS) is 15.8. The van der Waals surface area contributed by atoms with Gasteiger partial charge in [0.25, 0.3) is 0 Å². The van der Waals surface area contributed by atoms with Crippen molar-refractivity contribution in [3.8, 4) is 23.5 Å². The lowest BCUT2D eigenvalue weighted by atomic mass is 9.98. The van der Waals surface area contributed by atoms with Crippen LogP contribution in [-0.4, -0.2) is 48.7 Å². The predicted octanol–water partition coefficient (Wildman–Crippen LogP) is 4.46. The largest absolute Gasteiger partial charge is 0.450 e. The van der Waals surface area contributed by atoms with Crippen LogP contribution in [0.15, 0.2) is 48.5 Å². The minimum absolute atomic E-state index is 0.131. The van der Waals surface area contributed by atoms with E-state index in [4.69, 9.17) is 22.8 Å². The number of carbonyl (C=O) groups excluding carboxylic acids is 1. The van der Waals surface area contributed by atoms with Gasteiger partial charge in [-0.3, -0.25) is 4.90 Å². The van der Waals surface area contributed by atoms with Crippen LogP contribution in [-0.2, 0) is 4.74 Å². The van der Waals surface area contributed by atoms with Crippen molar-refractivity contribution in [2.45, 2.75) is 13.0 Å². The van der Waals surface area contributed by atoms with Crippen LogP contribution in [0.1, 0.15) is 18.5 Å². The molecule has 0 N–H and O–H groups in total. The van der Waals surface area contributed by atoms with Gasteiger partial charge in [-0.05, 0) is 41.8 Å². The number of hydrogen-bond donors (Lipinski definition) is 0. The molecule has 140 valence electrons. The second-order valence-corrected chi connectivity index (χ2v) is 6.86. The molecule has 0 radical (unpaired) electrons. The molecule has 1 unspecified atom stereocenters. The van der Waals surface area contributed by atoms with Crippen LogP contribution in [0, 0.1) is 12.3 Å². The van der Waals surface area contributed by atoms with Crippen LogP contribution in [0.5, 0.6) is 0 Å². The lowest BCUT2D eigenvalue weighted by Gasteiger charge is -2.37. The van der Waals surface area contributed by atoms with E-state index >= 15 is 0 Å². The van der Waals surface area contributed by atoms with Gasteiger partial charge in [0.05, 0.1) is 12.6 Å². The predicted molar refractivity (Wildman–Crippen MR) is 109 cm³/mol.